The van der Waals surface area contributed by atoms with Gasteiger partial charge in [-0.15, -0.1) is 0 Å². The maximum atomic E-state index is 12.7. The fourth-order valence-electron chi connectivity index (χ4n) is 3.34. The molecule has 5 nitrogen and oxygen atoms in total. The number of hydrogen-bond donors (Lipinski definition) is 1. The van der Waals surface area contributed by atoms with E-state index in [0.29, 0.717) is 5.56 Å². The molecule has 2 aromatic carbocycles. The molecule has 0 spiro atoms. The minimum Gasteiger partial charge on any atom is -0.355 e. The molecule has 1 aliphatic heterocycles. The summed E-state index contributed by atoms with van der Waals surface area (Å²) < 4.78 is 0. The summed E-state index contributed by atoms with van der Waals surface area (Å²) in [6, 6.07) is 15.3. The molecule has 1 fully saturated rings. The van der Waals surface area contributed by atoms with Crippen molar-refractivity contribution in [2.75, 3.05) is 23.3 Å². The van der Waals surface area contributed by atoms with Gasteiger partial charge in [0.15, 0.2) is 5.82 Å². The van der Waals surface area contributed by atoms with E-state index >= 15 is 0 Å². The predicted octanol–water partition coefficient (Wildman–Crippen LogP) is 4.30. The van der Waals surface area contributed by atoms with Gasteiger partial charge < -0.3 is 10.2 Å². The van der Waals surface area contributed by atoms with Gasteiger partial charge in [0.1, 0.15) is 5.69 Å². The maximum absolute atomic E-state index is 12.7. The molecule has 136 valence electrons. The van der Waals surface area contributed by atoms with Crippen molar-refractivity contribution in [2.24, 2.45) is 0 Å². The summed E-state index contributed by atoms with van der Waals surface area (Å²) in [6.07, 6.45) is 5.78. The summed E-state index contributed by atoms with van der Waals surface area (Å²) in [6.45, 7) is 4.02. The minimum atomic E-state index is -0.132. The van der Waals surface area contributed by atoms with Crippen molar-refractivity contribution in [2.45, 2.75) is 19.8 Å². The average molecular weight is 358 g/mol. The Morgan fingerprint density at radius 2 is 1.74 bits per heavy atom. The number of amides is 1. The van der Waals surface area contributed by atoms with E-state index in [4.69, 9.17) is 0 Å². The second kappa shape index (κ2) is 7.58. The van der Waals surface area contributed by atoms with Crippen molar-refractivity contribution in [3.05, 3.63) is 72.1 Å². The molecule has 1 N–H and O–H groups in total. The number of benzene rings is 2. The molecule has 0 unspecified atom stereocenters. The Hall–Kier alpha value is -3.21. The Morgan fingerprint density at radius 3 is 2.52 bits per heavy atom. The van der Waals surface area contributed by atoms with E-state index in [1.807, 2.05) is 55.5 Å². The van der Waals surface area contributed by atoms with Crippen molar-refractivity contribution in [3.63, 3.8) is 0 Å². The minimum absolute atomic E-state index is 0.132. The predicted molar refractivity (Wildman–Crippen MR) is 108 cm³/mol. The van der Waals surface area contributed by atoms with Crippen molar-refractivity contribution < 1.29 is 4.79 Å². The molecule has 2 heterocycles. The third kappa shape index (κ3) is 3.82. The lowest BCUT2D eigenvalue weighted by molar-refractivity contribution is 0.102. The summed E-state index contributed by atoms with van der Waals surface area (Å²) in [5.41, 5.74) is 4.28. The molecule has 0 saturated carbocycles. The molecule has 27 heavy (non-hydrogen) atoms. The molecule has 1 amide bonds. The molecule has 0 atom stereocenters. The Morgan fingerprint density at radius 1 is 1.00 bits per heavy atom. The fourth-order valence-corrected chi connectivity index (χ4v) is 3.34. The first-order valence-corrected chi connectivity index (χ1v) is 9.25. The van der Waals surface area contributed by atoms with Gasteiger partial charge in [0.2, 0.25) is 0 Å². The number of rotatable bonds is 4. The summed E-state index contributed by atoms with van der Waals surface area (Å²) in [4.78, 5) is 24.0. The van der Waals surface area contributed by atoms with E-state index < -0.39 is 0 Å². The molecule has 0 bridgehead atoms. The van der Waals surface area contributed by atoms with Crippen LogP contribution in [0, 0.1) is 6.92 Å². The highest BCUT2D eigenvalue weighted by atomic mass is 16.1. The Balaban J connectivity index is 1.61. The number of hydrogen-bond acceptors (Lipinski definition) is 4. The molecule has 0 radical (unpaired) electrons. The second-order valence-electron chi connectivity index (χ2n) is 6.82. The van der Waals surface area contributed by atoms with Crippen LogP contribution in [0.4, 0.5) is 11.5 Å². The smallest absolute Gasteiger partial charge is 0.255 e. The van der Waals surface area contributed by atoms with Crippen molar-refractivity contribution in [3.8, 4) is 11.3 Å². The van der Waals surface area contributed by atoms with E-state index in [1.54, 1.807) is 12.4 Å². The number of carbonyl (C=O) groups excluding carboxylic acids is 1. The van der Waals surface area contributed by atoms with Gasteiger partial charge in [-0.2, -0.15) is 0 Å². The fraction of sp³-hybridized carbons (Fsp3) is 0.227. The first kappa shape index (κ1) is 17.2. The monoisotopic (exact) mass is 358 g/mol. The highest BCUT2D eigenvalue weighted by Gasteiger charge is 2.19. The highest BCUT2D eigenvalue weighted by Crippen LogP contribution is 2.29. The molecule has 5 heteroatoms. The number of carbonyl (C=O) groups is 1. The molecule has 1 aliphatic rings. The standard InChI is InChI=1S/C22H22N4O/c1-16-7-9-19(10-8-16)25-22(27)18-6-4-5-17(15-18)20-21(24-12-11-23-20)26-13-2-3-14-26/h4-12,15H,2-3,13-14H2,1H3,(H,25,27). The van der Waals surface area contributed by atoms with Gasteiger partial charge in [-0.05, 0) is 44.0 Å². The van der Waals surface area contributed by atoms with Crippen LogP contribution >= 0.6 is 0 Å². The van der Waals surface area contributed by atoms with E-state index in [0.717, 1.165) is 41.4 Å². The zero-order chi connectivity index (χ0) is 18.6. The normalized spacial score (nSPS) is 13.6. The molecule has 1 aromatic heterocycles. The van der Waals surface area contributed by atoms with Crippen LogP contribution in [0.1, 0.15) is 28.8 Å². The number of anilines is 2. The van der Waals surface area contributed by atoms with Crippen molar-refractivity contribution in [1.82, 2.24) is 9.97 Å². The van der Waals surface area contributed by atoms with Crippen LogP contribution in [-0.2, 0) is 0 Å². The van der Waals surface area contributed by atoms with Crippen LogP contribution in [0.5, 0.6) is 0 Å². The lowest BCUT2D eigenvalue weighted by Gasteiger charge is -2.19. The number of nitrogens with zero attached hydrogens (tertiary/aromatic N) is 3. The second-order valence-corrected chi connectivity index (χ2v) is 6.82. The molecule has 4 rings (SSSR count). The van der Waals surface area contributed by atoms with Crippen LogP contribution in [-0.4, -0.2) is 29.0 Å². The van der Waals surface area contributed by atoms with Crippen LogP contribution in [0.25, 0.3) is 11.3 Å². The molecular formula is C22H22N4O. The lowest BCUT2D eigenvalue weighted by Crippen LogP contribution is -2.20. The van der Waals surface area contributed by atoms with Gasteiger partial charge >= 0.3 is 0 Å². The Labute approximate surface area is 159 Å². The molecule has 3 aromatic rings. The van der Waals surface area contributed by atoms with Crippen molar-refractivity contribution in [1.29, 1.82) is 0 Å². The highest BCUT2D eigenvalue weighted by molar-refractivity contribution is 6.05. The van der Waals surface area contributed by atoms with Gasteiger partial charge in [-0.3, -0.25) is 9.78 Å². The zero-order valence-corrected chi connectivity index (χ0v) is 15.4. The summed E-state index contributed by atoms with van der Waals surface area (Å²) in [5, 5.41) is 2.95. The third-order valence-electron chi connectivity index (χ3n) is 4.79. The van der Waals surface area contributed by atoms with E-state index in [9.17, 15) is 4.79 Å². The lowest BCUT2D eigenvalue weighted by atomic mass is 10.1. The van der Waals surface area contributed by atoms with Crippen LogP contribution in [0.2, 0.25) is 0 Å². The quantitative estimate of drug-likeness (QED) is 0.755. The van der Waals surface area contributed by atoms with Gasteiger partial charge in [0, 0.05) is 42.3 Å². The van der Waals surface area contributed by atoms with Gasteiger partial charge in [0.25, 0.3) is 5.91 Å². The zero-order valence-electron chi connectivity index (χ0n) is 15.4. The molecule has 0 aliphatic carbocycles. The van der Waals surface area contributed by atoms with E-state index in [-0.39, 0.29) is 5.91 Å². The number of aryl methyl sites for hydroxylation is 1. The topological polar surface area (TPSA) is 58.1 Å². The summed E-state index contributed by atoms with van der Waals surface area (Å²) >= 11 is 0. The molecule has 1 saturated heterocycles. The van der Waals surface area contributed by atoms with Gasteiger partial charge in [-0.25, -0.2) is 4.98 Å². The maximum Gasteiger partial charge on any atom is 0.255 e. The van der Waals surface area contributed by atoms with Crippen molar-refractivity contribution >= 4 is 17.4 Å². The number of nitrogens with one attached hydrogen (secondary N) is 1. The summed E-state index contributed by atoms with van der Waals surface area (Å²) in [5.74, 6) is 0.762. The summed E-state index contributed by atoms with van der Waals surface area (Å²) in [7, 11) is 0. The van der Waals surface area contributed by atoms with Gasteiger partial charge in [-0.1, -0.05) is 29.8 Å². The Kier molecular flexibility index (Phi) is 4.83. The average Bonchev–Trinajstić information content (AvgIpc) is 3.24. The first-order chi connectivity index (χ1) is 13.2. The third-order valence-corrected chi connectivity index (χ3v) is 4.79. The molecular weight excluding hydrogens is 336 g/mol. The SMILES string of the molecule is Cc1ccc(NC(=O)c2cccc(-c3nccnc3N3CCCC3)c2)cc1. The van der Waals surface area contributed by atoms with Crippen LogP contribution in [0.15, 0.2) is 60.9 Å². The first-order valence-electron chi connectivity index (χ1n) is 9.25. The Bertz CT molecular complexity index is 947. The van der Waals surface area contributed by atoms with E-state index in [1.165, 1.54) is 12.8 Å². The number of aromatic nitrogens is 2. The van der Waals surface area contributed by atoms with Gasteiger partial charge in [0.05, 0.1) is 0 Å². The van der Waals surface area contributed by atoms with Crippen LogP contribution in [0.3, 0.4) is 0 Å². The van der Waals surface area contributed by atoms with Crippen LogP contribution < -0.4 is 10.2 Å². The van der Waals surface area contributed by atoms with E-state index in [2.05, 4.69) is 20.2 Å². The largest absolute Gasteiger partial charge is 0.355 e.